The summed E-state index contributed by atoms with van der Waals surface area (Å²) < 4.78 is 24.9. The van der Waals surface area contributed by atoms with Gasteiger partial charge in [0.15, 0.2) is 9.84 Å². The maximum absolute atomic E-state index is 11.5. The minimum absolute atomic E-state index is 0.0349. The topological polar surface area (TPSA) is 90.0 Å². The Morgan fingerprint density at radius 3 is 3.00 bits per heavy atom. The minimum atomic E-state index is -2.83. The normalized spacial score (nSPS) is 23.6. The number of aromatic nitrogens is 2. The molecule has 1 saturated heterocycles. The van der Waals surface area contributed by atoms with Gasteiger partial charge < -0.3 is 0 Å². The lowest BCUT2D eigenvalue weighted by atomic mass is 9.97. The summed E-state index contributed by atoms with van der Waals surface area (Å²) in [6.07, 6.45) is 4.25. The molecule has 0 bridgehead atoms. The van der Waals surface area contributed by atoms with Crippen molar-refractivity contribution < 1.29 is 8.42 Å². The number of nitrogens with one attached hydrogen (secondary N) is 1. The number of hydrazine groups is 1. The summed E-state index contributed by atoms with van der Waals surface area (Å²) in [4.78, 5) is 0. The summed E-state index contributed by atoms with van der Waals surface area (Å²) in [5.41, 5.74) is 3.84. The molecule has 108 valence electrons. The molecule has 19 heavy (non-hydrogen) atoms. The van der Waals surface area contributed by atoms with Gasteiger partial charge in [0.2, 0.25) is 0 Å². The highest BCUT2D eigenvalue weighted by Gasteiger charge is 2.30. The van der Waals surface area contributed by atoms with Crippen LogP contribution in [0.3, 0.4) is 0 Å². The van der Waals surface area contributed by atoms with Gasteiger partial charge >= 0.3 is 0 Å². The number of sulfone groups is 1. The molecule has 1 aromatic heterocycles. The smallest absolute Gasteiger partial charge is 0.150 e. The summed E-state index contributed by atoms with van der Waals surface area (Å²) in [6.45, 7) is 2.95. The average molecular weight is 286 g/mol. The second-order valence-electron chi connectivity index (χ2n) is 5.20. The van der Waals surface area contributed by atoms with Gasteiger partial charge in [-0.1, -0.05) is 6.92 Å². The molecule has 0 radical (unpaired) electrons. The van der Waals surface area contributed by atoms with E-state index in [1.54, 1.807) is 6.20 Å². The lowest BCUT2D eigenvalue weighted by molar-refractivity contribution is 0.394. The highest BCUT2D eigenvalue weighted by molar-refractivity contribution is 7.91. The highest BCUT2D eigenvalue weighted by atomic mass is 32.2. The molecule has 0 aliphatic carbocycles. The van der Waals surface area contributed by atoms with E-state index in [9.17, 15) is 8.42 Å². The maximum atomic E-state index is 11.5. The Hall–Kier alpha value is -0.920. The second kappa shape index (κ2) is 6.02. The predicted molar refractivity (Wildman–Crippen MR) is 74.0 cm³/mol. The maximum Gasteiger partial charge on any atom is 0.150 e. The minimum Gasteiger partial charge on any atom is -0.271 e. The van der Waals surface area contributed by atoms with E-state index in [2.05, 4.69) is 17.4 Å². The van der Waals surface area contributed by atoms with Crippen LogP contribution in [0.25, 0.3) is 0 Å². The van der Waals surface area contributed by atoms with E-state index < -0.39 is 9.84 Å². The number of hydrogen-bond acceptors (Lipinski definition) is 5. The highest BCUT2D eigenvalue weighted by Crippen LogP contribution is 2.28. The first-order valence-corrected chi connectivity index (χ1v) is 8.56. The Morgan fingerprint density at radius 2 is 2.42 bits per heavy atom. The molecule has 0 spiro atoms. The molecule has 1 fully saturated rings. The Balaban J connectivity index is 2.06. The van der Waals surface area contributed by atoms with Crippen molar-refractivity contribution in [2.75, 3.05) is 11.5 Å². The number of rotatable bonds is 6. The van der Waals surface area contributed by atoms with Crippen LogP contribution in [-0.4, -0.2) is 29.7 Å². The van der Waals surface area contributed by atoms with Gasteiger partial charge in [0.25, 0.3) is 0 Å². The molecule has 1 aliphatic heterocycles. The van der Waals surface area contributed by atoms with Crippen molar-refractivity contribution in [3.63, 3.8) is 0 Å². The lowest BCUT2D eigenvalue weighted by Gasteiger charge is -2.20. The van der Waals surface area contributed by atoms with E-state index >= 15 is 0 Å². The molecule has 0 saturated carbocycles. The predicted octanol–water partition coefficient (Wildman–Crippen LogP) is 0.622. The van der Waals surface area contributed by atoms with Gasteiger partial charge in [-0.2, -0.15) is 5.10 Å². The SMILES string of the molecule is CCCn1nccc1C(CC1CCS(=O)(=O)C1)NN. The number of nitrogens with two attached hydrogens (primary N) is 1. The van der Waals surface area contributed by atoms with Crippen molar-refractivity contribution in [3.05, 3.63) is 18.0 Å². The molecule has 2 unspecified atom stereocenters. The summed E-state index contributed by atoms with van der Waals surface area (Å²) in [6, 6.07) is 1.91. The monoisotopic (exact) mass is 286 g/mol. The molecule has 3 N–H and O–H groups in total. The third kappa shape index (κ3) is 3.55. The first-order valence-electron chi connectivity index (χ1n) is 6.74. The van der Waals surface area contributed by atoms with Crippen LogP contribution in [0, 0.1) is 5.92 Å². The van der Waals surface area contributed by atoms with Gasteiger partial charge in [-0.05, 0) is 31.2 Å². The zero-order chi connectivity index (χ0) is 13.9. The van der Waals surface area contributed by atoms with E-state index in [1.807, 2.05) is 10.7 Å². The van der Waals surface area contributed by atoms with Crippen LogP contribution in [0.4, 0.5) is 0 Å². The van der Waals surface area contributed by atoms with Gasteiger partial charge in [-0.3, -0.25) is 16.0 Å². The summed E-state index contributed by atoms with van der Waals surface area (Å²) >= 11 is 0. The van der Waals surface area contributed by atoms with Gasteiger partial charge in [-0.15, -0.1) is 0 Å². The van der Waals surface area contributed by atoms with E-state index in [4.69, 9.17) is 5.84 Å². The van der Waals surface area contributed by atoms with Crippen molar-refractivity contribution in [2.24, 2.45) is 11.8 Å². The molecule has 2 rings (SSSR count). The van der Waals surface area contributed by atoms with E-state index in [-0.39, 0.29) is 17.7 Å². The van der Waals surface area contributed by atoms with E-state index in [1.165, 1.54) is 0 Å². The summed E-state index contributed by atoms with van der Waals surface area (Å²) in [7, 11) is -2.83. The molecule has 7 heteroatoms. The molecule has 2 heterocycles. The van der Waals surface area contributed by atoms with Crippen LogP contribution in [0.15, 0.2) is 12.3 Å². The number of nitrogens with zero attached hydrogens (tertiary/aromatic N) is 2. The van der Waals surface area contributed by atoms with Crippen LogP contribution in [0.5, 0.6) is 0 Å². The molecule has 0 aromatic carbocycles. The van der Waals surface area contributed by atoms with Crippen LogP contribution in [0.2, 0.25) is 0 Å². The van der Waals surface area contributed by atoms with Gasteiger partial charge in [0, 0.05) is 12.7 Å². The third-order valence-electron chi connectivity index (χ3n) is 3.64. The average Bonchev–Trinajstić information content (AvgIpc) is 2.93. The zero-order valence-corrected chi connectivity index (χ0v) is 12.1. The second-order valence-corrected chi connectivity index (χ2v) is 7.43. The first kappa shape index (κ1) is 14.5. The van der Waals surface area contributed by atoms with Crippen LogP contribution >= 0.6 is 0 Å². The summed E-state index contributed by atoms with van der Waals surface area (Å²) in [5, 5.41) is 4.28. The molecule has 1 aliphatic rings. The molecular formula is C12H22N4O2S. The fraction of sp³-hybridized carbons (Fsp3) is 0.750. The van der Waals surface area contributed by atoms with E-state index in [0.717, 1.165) is 31.5 Å². The Kier molecular flexibility index (Phi) is 4.59. The quantitative estimate of drug-likeness (QED) is 0.591. The molecular weight excluding hydrogens is 264 g/mol. The fourth-order valence-corrected chi connectivity index (χ4v) is 4.58. The van der Waals surface area contributed by atoms with Crippen molar-refractivity contribution in [2.45, 2.75) is 38.8 Å². The Labute approximate surface area is 114 Å². The third-order valence-corrected chi connectivity index (χ3v) is 5.48. The van der Waals surface area contributed by atoms with Gasteiger partial charge in [-0.25, -0.2) is 8.42 Å². The largest absolute Gasteiger partial charge is 0.271 e. The Bertz CT molecular complexity index is 512. The van der Waals surface area contributed by atoms with E-state index in [0.29, 0.717) is 5.75 Å². The van der Waals surface area contributed by atoms with Crippen molar-refractivity contribution >= 4 is 9.84 Å². The van der Waals surface area contributed by atoms with Crippen molar-refractivity contribution in [1.82, 2.24) is 15.2 Å². The summed E-state index contributed by atoms with van der Waals surface area (Å²) in [5.74, 6) is 6.42. The first-order chi connectivity index (χ1) is 9.05. The van der Waals surface area contributed by atoms with Crippen LogP contribution in [0.1, 0.15) is 37.9 Å². The van der Waals surface area contributed by atoms with Gasteiger partial charge in [0.1, 0.15) is 0 Å². The van der Waals surface area contributed by atoms with Gasteiger partial charge in [0.05, 0.1) is 23.2 Å². The van der Waals surface area contributed by atoms with Crippen LogP contribution < -0.4 is 11.3 Å². The number of aryl methyl sites for hydroxylation is 1. The molecule has 0 amide bonds. The Morgan fingerprint density at radius 1 is 1.63 bits per heavy atom. The lowest BCUT2D eigenvalue weighted by Crippen LogP contribution is -2.31. The molecule has 2 atom stereocenters. The molecule has 1 aromatic rings. The van der Waals surface area contributed by atoms with Crippen molar-refractivity contribution in [3.8, 4) is 0 Å². The zero-order valence-electron chi connectivity index (χ0n) is 11.2. The standard InChI is InChI=1S/C12H22N4O2S/c1-2-6-16-12(3-5-14-16)11(15-13)8-10-4-7-19(17,18)9-10/h3,5,10-11,15H,2,4,6-9,13H2,1H3. The number of hydrogen-bond donors (Lipinski definition) is 2. The fourth-order valence-electron chi connectivity index (χ4n) is 2.70. The molecule has 6 nitrogen and oxygen atoms in total. The van der Waals surface area contributed by atoms with Crippen LogP contribution in [-0.2, 0) is 16.4 Å². The van der Waals surface area contributed by atoms with Crippen molar-refractivity contribution in [1.29, 1.82) is 0 Å².